The summed E-state index contributed by atoms with van der Waals surface area (Å²) in [6, 6.07) is 2.25. The molecular formula is C18H26F3N5O. The summed E-state index contributed by atoms with van der Waals surface area (Å²) in [4.78, 5) is 6.36. The molecule has 0 saturated carbocycles. The van der Waals surface area contributed by atoms with Crippen molar-refractivity contribution in [3.8, 4) is 5.75 Å². The molecule has 2 rings (SSSR count). The number of nitrogens with one attached hydrogen (secondary N) is 2. The van der Waals surface area contributed by atoms with Crippen LogP contribution in [0.1, 0.15) is 38.5 Å². The number of likely N-dealkylation sites (N-methyl/N-ethyl adjacent to an activating group) is 1. The molecule has 150 valence electrons. The van der Waals surface area contributed by atoms with Gasteiger partial charge in [-0.15, -0.1) is 0 Å². The number of allylic oxidation sites excluding steroid dienone is 1. The molecule has 1 fully saturated rings. The number of unbranched alkanes of at least 4 members (excludes halogenated alkanes) is 2. The number of hydrogen-bond acceptors (Lipinski definition) is 6. The molecule has 1 aromatic rings. The number of rotatable bonds is 11. The molecule has 0 aliphatic carbocycles. The van der Waals surface area contributed by atoms with Crippen molar-refractivity contribution in [1.82, 2.24) is 9.88 Å². The number of aromatic nitrogens is 1. The zero-order valence-corrected chi connectivity index (χ0v) is 15.4. The van der Waals surface area contributed by atoms with E-state index in [0.717, 1.165) is 13.0 Å². The van der Waals surface area contributed by atoms with Gasteiger partial charge in [0.1, 0.15) is 12.4 Å². The summed E-state index contributed by atoms with van der Waals surface area (Å²) in [5, 5.41) is 6.44. The topological polar surface area (TPSA) is 73.6 Å². The average molecular weight is 385 g/mol. The zero-order valence-electron chi connectivity index (χ0n) is 15.4. The predicted molar refractivity (Wildman–Crippen MR) is 96.8 cm³/mol. The number of nitrogens with zero attached hydrogens (tertiary/aromatic N) is 3. The van der Waals surface area contributed by atoms with Crippen molar-refractivity contribution in [3.63, 3.8) is 0 Å². The Hall–Kier alpha value is -2.16. The Morgan fingerprint density at radius 3 is 2.85 bits per heavy atom. The second-order valence-electron chi connectivity index (χ2n) is 6.71. The quantitative estimate of drug-likeness (QED) is 0.417. The first-order valence-electron chi connectivity index (χ1n) is 9.05. The summed E-state index contributed by atoms with van der Waals surface area (Å²) in [7, 11) is 2.06. The Labute approximate surface area is 157 Å². The second-order valence-corrected chi connectivity index (χ2v) is 6.71. The first kappa shape index (κ1) is 21.1. The molecule has 0 spiro atoms. The molecule has 1 atom stereocenters. The van der Waals surface area contributed by atoms with Crippen molar-refractivity contribution in [2.75, 3.05) is 25.5 Å². The van der Waals surface area contributed by atoms with E-state index in [-0.39, 0.29) is 6.42 Å². The molecule has 1 aliphatic rings. The maximum atomic E-state index is 12.1. The molecule has 6 nitrogen and oxygen atoms in total. The number of halogens is 3. The van der Waals surface area contributed by atoms with Gasteiger partial charge >= 0.3 is 6.18 Å². The Morgan fingerprint density at radius 1 is 1.41 bits per heavy atom. The number of likely N-dealkylation sites (tertiary alicyclic amines) is 1. The molecule has 1 aliphatic heterocycles. The van der Waals surface area contributed by atoms with Gasteiger partial charge in [0, 0.05) is 24.7 Å². The van der Waals surface area contributed by atoms with Crippen molar-refractivity contribution >= 4 is 5.69 Å². The lowest BCUT2D eigenvalue weighted by Gasteiger charge is -2.37. The molecule has 2 heterocycles. The number of alkyl halides is 3. The Kier molecular flexibility index (Phi) is 8.02. The van der Waals surface area contributed by atoms with E-state index >= 15 is 0 Å². The molecule has 0 amide bonds. The van der Waals surface area contributed by atoms with E-state index in [1.165, 1.54) is 0 Å². The van der Waals surface area contributed by atoms with E-state index in [2.05, 4.69) is 27.4 Å². The lowest BCUT2D eigenvalue weighted by molar-refractivity contribution is -0.135. The van der Waals surface area contributed by atoms with E-state index in [9.17, 15) is 13.2 Å². The Balaban J connectivity index is 1.75. The third-order valence-electron chi connectivity index (χ3n) is 4.54. The number of hydrogen-bond donors (Lipinski definition) is 2. The minimum atomic E-state index is -4.10. The molecule has 1 aromatic heterocycles. The highest BCUT2D eigenvalue weighted by molar-refractivity contribution is 5.47. The molecule has 0 aromatic carbocycles. The van der Waals surface area contributed by atoms with Crippen LogP contribution in [0.3, 0.4) is 0 Å². The summed E-state index contributed by atoms with van der Waals surface area (Å²) in [5.41, 5.74) is 8.38. The van der Waals surface area contributed by atoms with Crippen LogP contribution in [0.2, 0.25) is 0 Å². The smallest absolute Gasteiger partial charge is 0.389 e. The third-order valence-corrected chi connectivity index (χ3v) is 4.54. The van der Waals surface area contributed by atoms with Gasteiger partial charge in [-0.05, 0) is 39.3 Å². The van der Waals surface area contributed by atoms with E-state index in [1.54, 1.807) is 18.6 Å². The molecular weight excluding hydrogens is 359 g/mol. The lowest BCUT2D eigenvalue weighted by atomic mass is 10.1. The molecule has 2 N–H and O–H groups in total. The van der Waals surface area contributed by atoms with E-state index in [1.807, 2.05) is 6.07 Å². The van der Waals surface area contributed by atoms with Crippen molar-refractivity contribution in [3.05, 3.63) is 30.4 Å². The fraction of sp³-hybridized carbons (Fsp3) is 0.611. The van der Waals surface area contributed by atoms with E-state index in [0.29, 0.717) is 49.0 Å². The normalized spacial score (nSPS) is 18.1. The van der Waals surface area contributed by atoms with Gasteiger partial charge in [0.05, 0.1) is 23.8 Å². The van der Waals surface area contributed by atoms with Gasteiger partial charge in [-0.3, -0.25) is 9.88 Å². The Bertz CT molecular complexity index is 636. The van der Waals surface area contributed by atoms with Crippen LogP contribution in [0, 0.1) is 5.53 Å². The van der Waals surface area contributed by atoms with Crippen LogP contribution in [0.25, 0.3) is 0 Å². The molecule has 0 radical (unpaired) electrons. The van der Waals surface area contributed by atoms with Crippen LogP contribution in [-0.4, -0.2) is 42.3 Å². The predicted octanol–water partition coefficient (Wildman–Crippen LogP) is 4.96. The third kappa shape index (κ3) is 7.94. The molecule has 0 bridgehead atoms. The maximum Gasteiger partial charge on any atom is 0.389 e. The van der Waals surface area contributed by atoms with Crippen LogP contribution < -0.4 is 10.1 Å². The Morgan fingerprint density at radius 2 is 2.22 bits per heavy atom. The minimum absolute atomic E-state index is 0.0989. The monoisotopic (exact) mass is 385 g/mol. The van der Waals surface area contributed by atoms with Crippen LogP contribution in [-0.2, 0) is 0 Å². The standard InChI is InChI=1S/C18H26F3N5O/c1-26-8-6-16(26)13-27-17-9-15(10-23-12-17)24-11-14(25-22)5-3-2-4-7-18(19,20)21/h9-12,16,22,24H,2-8,13H2,1H3/b14-11-,25-22?/t16-/m0/s1. The molecule has 9 heteroatoms. The van der Waals surface area contributed by atoms with Gasteiger partial charge in [-0.1, -0.05) is 6.42 Å². The minimum Gasteiger partial charge on any atom is -0.490 e. The summed E-state index contributed by atoms with van der Waals surface area (Å²) < 4.78 is 42.1. The van der Waals surface area contributed by atoms with Gasteiger partial charge in [0.15, 0.2) is 0 Å². The highest BCUT2D eigenvalue weighted by Gasteiger charge is 2.26. The SMILES string of the molecule is CN1CC[C@H]1COc1cncc(N/C=C(/CCCCCC(F)(F)F)N=N)c1. The summed E-state index contributed by atoms with van der Waals surface area (Å²) in [5.74, 6) is 0.658. The summed E-state index contributed by atoms with van der Waals surface area (Å²) in [6.07, 6.45) is 2.67. The zero-order chi connectivity index (χ0) is 19.7. The van der Waals surface area contributed by atoms with Crippen molar-refractivity contribution in [1.29, 1.82) is 5.53 Å². The van der Waals surface area contributed by atoms with E-state index in [4.69, 9.17) is 10.3 Å². The summed E-state index contributed by atoms with van der Waals surface area (Å²) in [6.45, 7) is 1.71. The van der Waals surface area contributed by atoms with Gasteiger partial charge < -0.3 is 10.1 Å². The van der Waals surface area contributed by atoms with Gasteiger partial charge in [0.2, 0.25) is 0 Å². The van der Waals surface area contributed by atoms with Crippen LogP contribution in [0.5, 0.6) is 5.75 Å². The fourth-order valence-electron chi connectivity index (χ4n) is 2.68. The van der Waals surface area contributed by atoms with Crippen molar-refractivity contribution in [2.24, 2.45) is 5.11 Å². The lowest BCUT2D eigenvalue weighted by Crippen LogP contribution is -2.48. The van der Waals surface area contributed by atoms with Crippen molar-refractivity contribution < 1.29 is 17.9 Å². The average Bonchev–Trinajstić information content (AvgIpc) is 2.62. The highest BCUT2D eigenvalue weighted by Crippen LogP contribution is 2.24. The number of ether oxygens (including phenoxy) is 1. The van der Waals surface area contributed by atoms with Crippen LogP contribution >= 0.6 is 0 Å². The largest absolute Gasteiger partial charge is 0.490 e. The van der Waals surface area contributed by atoms with Crippen LogP contribution in [0.15, 0.2) is 35.5 Å². The first-order valence-corrected chi connectivity index (χ1v) is 9.05. The number of pyridine rings is 1. The molecule has 1 saturated heterocycles. The van der Waals surface area contributed by atoms with Gasteiger partial charge in [-0.25, -0.2) is 5.53 Å². The molecule has 27 heavy (non-hydrogen) atoms. The number of anilines is 1. The second kappa shape index (κ2) is 10.2. The summed E-state index contributed by atoms with van der Waals surface area (Å²) >= 11 is 0. The van der Waals surface area contributed by atoms with Crippen LogP contribution in [0.4, 0.5) is 18.9 Å². The highest BCUT2D eigenvalue weighted by atomic mass is 19.4. The van der Waals surface area contributed by atoms with Crippen molar-refractivity contribution in [2.45, 2.75) is 50.7 Å². The first-order chi connectivity index (χ1) is 12.9. The maximum absolute atomic E-state index is 12.1. The fourth-order valence-corrected chi connectivity index (χ4v) is 2.68. The molecule has 0 unspecified atom stereocenters. The van der Waals surface area contributed by atoms with Gasteiger partial charge in [0.25, 0.3) is 0 Å². The van der Waals surface area contributed by atoms with E-state index < -0.39 is 12.6 Å². The van der Waals surface area contributed by atoms with Gasteiger partial charge in [-0.2, -0.15) is 18.3 Å².